The third kappa shape index (κ3) is 5.05. The van der Waals surface area contributed by atoms with Crippen molar-refractivity contribution in [2.75, 3.05) is 66.5 Å². The van der Waals surface area contributed by atoms with E-state index in [1.54, 1.807) is 11.0 Å². The molecular formula is C33H40FN7O3S. The number of halogens is 1. The molecule has 3 aromatic rings. The number of hydrogen-bond donors (Lipinski definition) is 0. The number of nitrogens with zero attached hydrogens (tertiary/aromatic N) is 7. The van der Waals surface area contributed by atoms with Gasteiger partial charge in [0.2, 0.25) is 0 Å². The van der Waals surface area contributed by atoms with Crippen molar-refractivity contribution in [3.05, 3.63) is 70.7 Å². The SMILES string of the molecule is CN(C)[C@H]1CN(C2CCc3cccc(F)c32)C[C@@H]1c1cn(C)c2c(C(=O)N3CCN(S(=O)(=O)N4CC(C#N)C4)CC3)cccc12. The minimum Gasteiger partial charge on any atom is -0.350 e. The number of piperazine rings is 1. The van der Waals surface area contributed by atoms with E-state index in [0.29, 0.717) is 18.7 Å². The highest BCUT2D eigenvalue weighted by atomic mass is 32.2. The summed E-state index contributed by atoms with van der Waals surface area (Å²) in [7, 11) is 2.56. The zero-order valence-electron chi connectivity index (χ0n) is 26.1. The summed E-state index contributed by atoms with van der Waals surface area (Å²) in [5.41, 5.74) is 4.65. The topological polar surface area (TPSA) is 96.1 Å². The maximum Gasteiger partial charge on any atom is 0.282 e. The average Bonchev–Trinajstić information content (AvgIpc) is 3.72. The maximum atomic E-state index is 15.0. The van der Waals surface area contributed by atoms with Crippen molar-refractivity contribution in [3.63, 3.8) is 0 Å². The second-order valence-corrected chi connectivity index (χ2v) is 15.1. The first-order valence-corrected chi connectivity index (χ1v) is 17.2. The second-order valence-electron chi connectivity index (χ2n) is 13.2. The van der Waals surface area contributed by atoms with Crippen LogP contribution in [0.25, 0.3) is 10.9 Å². The number of benzene rings is 2. The molecule has 7 rings (SSSR count). The van der Waals surface area contributed by atoms with Gasteiger partial charge in [0.25, 0.3) is 16.1 Å². The van der Waals surface area contributed by atoms with Gasteiger partial charge >= 0.3 is 0 Å². The third-order valence-corrected chi connectivity index (χ3v) is 12.4. The molecule has 0 radical (unpaired) electrons. The number of likely N-dealkylation sites (tertiary alicyclic amines) is 1. The van der Waals surface area contributed by atoms with Crippen molar-refractivity contribution >= 4 is 27.0 Å². The summed E-state index contributed by atoms with van der Waals surface area (Å²) in [5, 5.41) is 10.1. The van der Waals surface area contributed by atoms with Crippen molar-refractivity contribution in [2.24, 2.45) is 13.0 Å². The van der Waals surface area contributed by atoms with E-state index < -0.39 is 10.2 Å². The molecular weight excluding hydrogens is 593 g/mol. The van der Waals surface area contributed by atoms with Crippen molar-refractivity contribution in [2.45, 2.75) is 30.8 Å². The molecule has 0 saturated carbocycles. The van der Waals surface area contributed by atoms with Gasteiger partial charge < -0.3 is 14.4 Å². The van der Waals surface area contributed by atoms with Gasteiger partial charge in [-0.15, -0.1) is 0 Å². The van der Waals surface area contributed by atoms with Crippen LogP contribution in [-0.4, -0.2) is 115 Å². The van der Waals surface area contributed by atoms with E-state index in [0.717, 1.165) is 48.0 Å². The summed E-state index contributed by atoms with van der Waals surface area (Å²) in [6.45, 7) is 3.17. The minimum absolute atomic E-state index is 0.0668. The number of hydrogen-bond acceptors (Lipinski definition) is 6. The highest BCUT2D eigenvalue weighted by Gasteiger charge is 2.43. The fraction of sp³-hybridized carbons (Fsp3) is 0.515. The molecule has 238 valence electrons. The summed E-state index contributed by atoms with van der Waals surface area (Å²) in [5.74, 6) is -0.282. The molecule has 4 aliphatic rings. The number of rotatable bonds is 6. The molecule has 3 atom stereocenters. The van der Waals surface area contributed by atoms with Gasteiger partial charge in [0, 0.05) is 94.6 Å². The number of para-hydroxylation sites is 1. The van der Waals surface area contributed by atoms with Crippen LogP contribution in [0.4, 0.5) is 4.39 Å². The van der Waals surface area contributed by atoms with Gasteiger partial charge in [0.05, 0.1) is 23.1 Å². The van der Waals surface area contributed by atoms with Crippen LogP contribution in [0.3, 0.4) is 0 Å². The molecule has 0 N–H and O–H groups in total. The highest BCUT2D eigenvalue weighted by molar-refractivity contribution is 7.86. The number of aromatic nitrogens is 1. The lowest BCUT2D eigenvalue weighted by atomic mass is 9.92. The molecule has 2 aromatic carbocycles. The predicted molar refractivity (Wildman–Crippen MR) is 169 cm³/mol. The summed E-state index contributed by atoms with van der Waals surface area (Å²) >= 11 is 0. The third-order valence-electron chi connectivity index (χ3n) is 10.5. The van der Waals surface area contributed by atoms with Crippen LogP contribution >= 0.6 is 0 Å². The van der Waals surface area contributed by atoms with Crippen LogP contribution in [0.5, 0.6) is 0 Å². The lowest BCUT2D eigenvalue weighted by Gasteiger charge is -2.41. The van der Waals surface area contributed by atoms with E-state index in [2.05, 4.69) is 48.3 Å². The van der Waals surface area contributed by atoms with Crippen LogP contribution in [0.2, 0.25) is 0 Å². The summed E-state index contributed by atoms with van der Waals surface area (Å²) in [6, 6.07) is 13.7. The van der Waals surface area contributed by atoms with Gasteiger partial charge in [-0.25, -0.2) is 4.39 Å². The Morgan fingerprint density at radius 2 is 1.73 bits per heavy atom. The lowest BCUT2D eigenvalue weighted by Crippen LogP contribution is -2.59. The number of carbonyl (C=O) groups is 1. The normalized spacial score (nSPS) is 25.2. The van der Waals surface area contributed by atoms with Gasteiger partial charge in [0.15, 0.2) is 0 Å². The fourth-order valence-corrected chi connectivity index (χ4v) is 9.69. The minimum atomic E-state index is -3.63. The Balaban J connectivity index is 1.12. The van der Waals surface area contributed by atoms with Gasteiger partial charge in [-0.05, 0) is 50.2 Å². The Morgan fingerprint density at radius 1 is 1.00 bits per heavy atom. The van der Waals surface area contributed by atoms with E-state index in [1.807, 2.05) is 29.8 Å². The summed E-state index contributed by atoms with van der Waals surface area (Å²) in [6.07, 6.45) is 3.97. The Kier molecular flexibility index (Phi) is 7.73. The molecule has 3 aliphatic heterocycles. The molecule has 45 heavy (non-hydrogen) atoms. The van der Waals surface area contributed by atoms with Crippen molar-refractivity contribution in [1.29, 1.82) is 5.26 Å². The Morgan fingerprint density at radius 3 is 2.44 bits per heavy atom. The standard InChI is InChI=1S/C33H40FN7O3S/c1-36(2)30-21-39(29-11-10-23-6-4-9-28(34)31(23)29)20-27(30)26-19-37(3)32-24(26)7-5-8-25(32)33(42)38-12-14-40(15-13-38)45(43,44)41-17-22(16-35)18-41/h4-9,19,22,27,29-30H,10-15,17-18,20-21H2,1-3H3/t27-,29?,30+/m1/s1. The molecule has 1 aromatic heterocycles. The van der Waals surface area contributed by atoms with Crippen molar-refractivity contribution < 1.29 is 17.6 Å². The molecule has 10 nitrogen and oxygen atoms in total. The molecule has 12 heteroatoms. The zero-order valence-corrected chi connectivity index (χ0v) is 26.9. The highest BCUT2D eigenvalue weighted by Crippen LogP contribution is 2.44. The Labute approximate surface area is 264 Å². The van der Waals surface area contributed by atoms with Crippen LogP contribution in [0.15, 0.2) is 42.6 Å². The number of likely N-dealkylation sites (N-methyl/N-ethyl adjacent to an activating group) is 1. The molecule has 1 unspecified atom stereocenters. The second kappa shape index (κ2) is 11.5. The Hall–Kier alpha value is -3.34. The summed E-state index contributed by atoms with van der Waals surface area (Å²) < 4.78 is 45.8. The molecule has 1 aliphatic carbocycles. The van der Waals surface area contributed by atoms with E-state index in [1.165, 1.54) is 14.2 Å². The van der Waals surface area contributed by atoms with Gasteiger partial charge in [-0.2, -0.15) is 22.3 Å². The number of aryl methyl sites for hydroxylation is 2. The van der Waals surface area contributed by atoms with E-state index in [-0.39, 0.29) is 61.8 Å². The van der Waals surface area contributed by atoms with E-state index in [9.17, 15) is 17.6 Å². The molecule has 1 amide bonds. The average molecular weight is 634 g/mol. The van der Waals surface area contributed by atoms with Gasteiger partial charge in [-0.3, -0.25) is 9.69 Å². The quantitative estimate of drug-likeness (QED) is 0.415. The monoisotopic (exact) mass is 633 g/mol. The largest absolute Gasteiger partial charge is 0.350 e. The molecule has 4 heterocycles. The van der Waals surface area contributed by atoms with Gasteiger partial charge in [-0.1, -0.05) is 24.3 Å². The van der Waals surface area contributed by atoms with Crippen LogP contribution in [-0.2, 0) is 23.7 Å². The first kappa shape index (κ1) is 30.3. The Bertz CT molecular complexity index is 1790. The van der Waals surface area contributed by atoms with Gasteiger partial charge in [0.1, 0.15) is 5.82 Å². The smallest absolute Gasteiger partial charge is 0.282 e. The molecule has 3 saturated heterocycles. The molecule has 0 bridgehead atoms. The number of nitriles is 1. The number of amides is 1. The maximum absolute atomic E-state index is 15.0. The lowest BCUT2D eigenvalue weighted by molar-refractivity contribution is 0.0692. The van der Waals surface area contributed by atoms with E-state index >= 15 is 0 Å². The fourth-order valence-electron chi connectivity index (χ4n) is 8.01. The summed E-state index contributed by atoms with van der Waals surface area (Å²) in [4.78, 5) is 20.4. The zero-order chi connectivity index (χ0) is 31.6. The van der Waals surface area contributed by atoms with Crippen molar-refractivity contribution in [1.82, 2.24) is 27.9 Å². The van der Waals surface area contributed by atoms with Crippen LogP contribution < -0.4 is 0 Å². The van der Waals surface area contributed by atoms with Crippen LogP contribution in [0.1, 0.15) is 45.4 Å². The predicted octanol–water partition coefficient (Wildman–Crippen LogP) is 2.79. The van der Waals surface area contributed by atoms with Crippen LogP contribution in [0, 0.1) is 23.1 Å². The molecule has 0 spiro atoms. The first-order chi connectivity index (χ1) is 21.6. The van der Waals surface area contributed by atoms with E-state index in [4.69, 9.17) is 5.26 Å². The van der Waals surface area contributed by atoms with Crippen molar-refractivity contribution in [3.8, 4) is 6.07 Å². The first-order valence-electron chi connectivity index (χ1n) is 15.8. The molecule has 3 fully saturated rings. The number of carbonyl (C=O) groups excluding carboxylic acids is 1. The number of fused-ring (bicyclic) bond motifs is 2.